The van der Waals surface area contributed by atoms with E-state index in [1.807, 2.05) is 42.3 Å². The van der Waals surface area contributed by atoms with Crippen LogP contribution in [-0.2, 0) is 0 Å². The van der Waals surface area contributed by atoms with Crippen LogP contribution in [0.1, 0.15) is 34.3 Å². The number of hydrogen-bond donors (Lipinski definition) is 1. The van der Waals surface area contributed by atoms with Gasteiger partial charge in [-0.2, -0.15) is 0 Å². The Morgan fingerprint density at radius 3 is 2.83 bits per heavy atom. The summed E-state index contributed by atoms with van der Waals surface area (Å²) in [5.74, 6) is 3.71. The van der Waals surface area contributed by atoms with E-state index >= 15 is 0 Å². The maximum absolute atomic E-state index is 12.8. The molecule has 29 heavy (non-hydrogen) atoms. The molecule has 6 heteroatoms. The van der Waals surface area contributed by atoms with E-state index in [0.717, 1.165) is 59.5 Å². The van der Waals surface area contributed by atoms with Crippen molar-refractivity contribution < 1.29 is 4.79 Å². The smallest absolute Gasteiger partial charge is 0.253 e. The van der Waals surface area contributed by atoms with Crippen LogP contribution in [0.4, 0.5) is 5.82 Å². The van der Waals surface area contributed by atoms with Crippen LogP contribution in [0.3, 0.4) is 0 Å². The third kappa shape index (κ3) is 2.77. The van der Waals surface area contributed by atoms with E-state index in [-0.39, 0.29) is 11.3 Å². The number of aromatic nitrogens is 3. The number of terminal acetylenes is 1. The number of likely N-dealkylation sites (tertiary alicyclic amines) is 1. The SMILES string of the molecule is C#Cc1ccc(C(=O)N2CC3(CC(N(C)c4ncnc5[nH]ccc45)C3)C2)cc1C. The molecule has 6 nitrogen and oxygen atoms in total. The fraction of sp³-hybridized carbons (Fsp3) is 0.348. The highest BCUT2D eigenvalue weighted by Crippen LogP contribution is 2.51. The van der Waals surface area contributed by atoms with Crippen LogP contribution in [-0.4, -0.2) is 51.9 Å². The average molecular weight is 385 g/mol. The Labute approximate surface area is 170 Å². The number of H-pyrrole nitrogens is 1. The normalized spacial score (nSPS) is 17.6. The second-order valence-corrected chi connectivity index (χ2v) is 8.45. The second-order valence-electron chi connectivity index (χ2n) is 8.45. The van der Waals surface area contributed by atoms with Gasteiger partial charge in [0.15, 0.2) is 0 Å². The van der Waals surface area contributed by atoms with Crippen LogP contribution in [0.2, 0.25) is 0 Å². The van der Waals surface area contributed by atoms with E-state index in [2.05, 4.69) is 32.8 Å². The van der Waals surface area contributed by atoms with E-state index in [0.29, 0.717) is 6.04 Å². The number of anilines is 1. The summed E-state index contributed by atoms with van der Waals surface area (Å²) in [7, 11) is 2.10. The molecular weight excluding hydrogens is 362 g/mol. The lowest BCUT2D eigenvalue weighted by Crippen LogP contribution is -2.67. The van der Waals surface area contributed by atoms with Gasteiger partial charge in [0.05, 0.1) is 5.39 Å². The van der Waals surface area contributed by atoms with Gasteiger partial charge in [-0.3, -0.25) is 4.79 Å². The summed E-state index contributed by atoms with van der Waals surface area (Å²) in [6.07, 6.45) is 11.1. The van der Waals surface area contributed by atoms with E-state index < -0.39 is 0 Å². The first-order chi connectivity index (χ1) is 14.0. The Bertz CT molecular complexity index is 1140. The van der Waals surface area contributed by atoms with Crippen molar-refractivity contribution in [1.29, 1.82) is 0 Å². The molecule has 5 rings (SSSR count). The molecule has 1 N–H and O–H groups in total. The van der Waals surface area contributed by atoms with Crippen LogP contribution in [0, 0.1) is 24.7 Å². The molecule has 2 aliphatic rings. The largest absolute Gasteiger partial charge is 0.356 e. The lowest BCUT2D eigenvalue weighted by molar-refractivity contribution is -0.0541. The van der Waals surface area contributed by atoms with Crippen molar-refractivity contribution >= 4 is 22.8 Å². The molecule has 3 heterocycles. The van der Waals surface area contributed by atoms with Gasteiger partial charge in [-0.15, -0.1) is 6.42 Å². The zero-order chi connectivity index (χ0) is 20.2. The minimum absolute atomic E-state index is 0.101. The highest BCUT2D eigenvalue weighted by molar-refractivity contribution is 5.95. The molecule has 2 aromatic heterocycles. The molecule has 0 unspecified atom stereocenters. The molecule has 1 saturated carbocycles. The van der Waals surface area contributed by atoms with Gasteiger partial charge in [0.1, 0.15) is 17.8 Å². The molecule has 0 radical (unpaired) electrons. The molecule has 0 bridgehead atoms. The number of nitrogens with one attached hydrogen (secondary N) is 1. The number of hydrogen-bond acceptors (Lipinski definition) is 4. The van der Waals surface area contributed by atoms with Crippen molar-refractivity contribution in [2.24, 2.45) is 5.41 Å². The minimum Gasteiger partial charge on any atom is -0.356 e. The van der Waals surface area contributed by atoms with Gasteiger partial charge >= 0.3 is 0 Å². The number of nitrogens with zero attached hydrogens (tertiary/aromatic N) is 4. The van der Waals surface area contributed by atoms with Gasteiger partial charge in [-0.1, -0.05) is 5.92 Å². The number of amides is 1. The number of aromatic amines is 1. The summed E-state index contributed by atoms with van der Waals surface area (Å²) in [5.41, 5.74) is 3.65. The molecule has 1 aromatic carbocycles. The van der Waals surface area contributed by atoms with Crippen molar-refractivity contribution in [2.45, 2.75) is 25.8 Å². The molecule has 2 fully saturated rings. The van der Waals surface area contributed by atoms with Gasteiger partial charge < -0.3 is 14.8 Å². The van der Waals surface area contributed by atoms with E-state index in [4.69, 9.17) is 6.42 Å². The predicted molar refractivity (Wildman–Crippen MR) is 113 cm³/mol. The van der Waals surface area contributed by atoms with Crippen LogP contribution in [0.5, 0.6) is 0 Å². The monoisotopic (exact) mass is 385 g/mol. The number of fused-ring (bicyclic) bond motifs is 1. The lowest BCUT2D eigenvalue weighted by atomic mass is 9.60. The van der Waals surface area contributed by atoms with Crippen molar-refractivity contribution in [1.82, 2.24) is 19.9 Å². The Morgan fingerprint density at radius 2 is 2.10 bits per heavy atom. The van der Waals surface area contributed by atoms with Crippen LogP contribution >= 0.6 is 0 Å². The zero-order valence-electron chi connectivity index (χ0n) is 16.6. The fourth-order valence-corrected chi connectivity index (χ4v) is 4.83. The maximum atomic E-state index is 12.8. The minimum atomic E-state index is 0.101. The first-order valence-electron chi connectivity index (χ1n) is 9.87. The quantitative estimate of drug-likeness (QED) is 0.704. The van der Waals surface area contributed by atoms with Gasteiger partial charge in [0.25, 0.3) is 5.91 Å². The maximum Gasteiger partial charge on any atom is 0.253 e. The molecule has 1 spiro atoms. The number of benzene rings is 1. The molecule has 1 amide bonds. The first kappa shape index (κ1) is 17.7. The van der Waals surface area contributed by atoms with Crippen molar-refractivity contribution in [3.63, 3.8) is 0 Å². The summed E-state index contributed by atoms with van der Waals surface area (Å²) < 4.78 is 0. The van der Waals surface area contributed by atoms with Crippen LogP contribution in [0.25, 0.3) is 11.0 Å². The summed E-state index contributed by atoms with van der Waals surface area (Å²) in [5, 5.41) is 1.05. The third-order valence-electron chi connectivity index (χ3n) is 6.52. The first-order valence-corrected chi connectivity index (χ1v) is 9.87. The third-order valence-corrected chi connectivity index (χ3v) is 6.52. The summed E-state index contributed by atoms with van der Waals surface area (Å²) >= 11 is 0. The number of carbonyl (C=O) groups is 1. The standard InChI is InChI=1S/C23H23N5O/c1-4-16-5-6-17(9-15(16)2)22(29)28-12-23(13-28)10-18(11-23)27(3)21-19-7-8-24-20(19)25-14-26-21/h1,5-9,14,18H,10-13H2,2-3H3,(H,24,25,26). The molecule has 1 aliphatic heterocycles. The predicted octanol–water partition coefficient (Wildman–Crippen LogP) is 2.99. The van der Waals surface area contributed by atoms with Gasteiger partial charge in [0.2, 0.25) is 0 Å². The molecule has 0 atom stereocenters. The summed E-state index contributed by atoms with van der Waals surface area (Å²) in [6.45, 7) is 3.61. The van der Waals surface area contributed by atoms with Gasteiger partial charge in [-0.05, 0) is 49.6 Å². The van der Waals surface area contributed by atoms with Crippen molar-refractivity contribution in [3.05, 3.63) is 53.5 Å². The molecule has 1 aliphatic carbocycles. The molecule has 3 aromatic rings. The number of carbonyl (C=O) groups excluding carboxylic acids is 1. The van der Waals surface area contributed by atoms with Gasteiger partial charge in [0, 0.05) is 48.9 Å². The lowest BCUT2D eigenvalue weighted by Gasteiger charge is -2.60. The molecule has 1 saturated heterocycles. The average Bonchev–Trinajstić information content (AvgIpc) is 3.14. The van der Waals surface area contributed by atoms with Gasteiger partial charge in [-0.25, -0.2) is 9.97 Å². The highest BCUT2D eigenvalue weighted by atomic mass is 16.2. The molecular formula is C23H23N5O. The van der Waals surface area contributed by atoms with Crippen LogP contribution in [0.15, 0.2) is 36.8 Å². The topological polar surface area (TPSA) is 65.1 Å². The zero-order valence-corrected chi connectivity index (χ0v) is 16.6. The Kier molecular flexibility index (Phi) is 3.88. The van der Waals surface area contributed by atoms with E-state index in [1.54, 1.807) is 6.33 Å². The highest BCUT2D eigenvalue weighted by Gasteiger charge is 2.54. The Morgan fingerprint density at radius 1 is 1.31 bits per heavy atom. The second kappa shape index (κ2) is 6.35. The van der Waals surface area contributed by atoms with Crippen LogP contribution < -0.4 is 4.90 Å². The summed E-state index contributed by atoms with van der Waals surface area (Å²) in [4.78, 5) is 28.9. The fourth-order valence-electron chi connectivity index (χ4n) is 4.83. The van der Waals surface area contributed by atoms with E-state index in [9.17, 15) is 4.79 Å². The summed E-state index contributed by atoms with van der Waals surface area (Å²) in [6, 6.07) is 8.06. The molecule has 146 valence electrons. The Hall–Kier alpha value is -3.33. The van der Waals surface area contributed by atoms with Crippen molar-refractivity contribution in [2.75, 3.05) is 25.0 Å². The number of rotatable bonds is 3. The number of aryl methyl sites for hydroxylation is 1. The Balaban J connectivity index is 1.22. The van der Waals surface area contributed by atoms with Crippen molar-refractivity contribution in [3.8, 4) is 12.3 Å². The van der Waals surface area contributed by atoms with E-state index in [1.165, 1.54) is 0 Å².